The lowest BCUT2D eigenvalue weighted by Gasteiger charge is -2.32. The van der Waals surface area contributed by atoms with Crippen LogP contribution in [0.2, 0.25) is 0 Å². The number of hydrogen-bond acceptors (Lipinski definition) is 4. The van der Waals surface area contributed by atoms with Crippen molar-refractivity contribution in [3.05, 3.63) is 24.3 Å². The molecular formula is C9H14N4. The summed E-state index contributed by atoms with van der Waals surface area (Å²) in [4.78, 5) is 10.5. The highest BCUT2D eigenvalue weighted by Gasteiger charge is 2.20. The third-order valence-electron chi connectivity index (χ3n) is 2.46. The molecule has 1 unspecified atom stereocenters. The van der Waals surface area contributed by atoms with Gasteiger partial charge in [0.25, 0.3) is 0 Å². The van der Waals surface area contributed by atoms with Gasteiger partial charge in [0.05, 0.1) is 11.7 Å². The van der Waals surface area contributed by atoms with Gasteiger partial charge in [-0.3, -0.25) is 4.90 Å². The smallest absolute Gasteiger partial charge is 0.115 e. The summed E-state index contributed by atoms with van der Waals surface area (Å²) in [6.07, 6.45) is 3.41. The van der Waals surface area contributed by atoms with E-state index in [-0.39, 0.29) is 0 Å². The van der Waals surface area contributed by atoms with Crippen LogP contribution in [0.1, 0.15) is 11.7 Å². The molecule has 0 aromatic carbocycles. The Morgan fingerprint density at radius 1 is 1.62 bits per heavy atom. The molecular weight excluding hydrogens is 164 g/mol. The predicted octanol–water partition coefficient (Wildman–Crippen LogP) is 0.0527. The minimum atomic E-state index is 0.400. The highest BCUT2D eigenvalue weighted by Crippen LogP contribution is 2.16. The first-order chi connectivity index (χ1) is 6.38. The minimum Gasteiger partial charge on any atom is -0.313 e. The first kappa shape index (κ1) is 8.59. The van der Waals surface area contributed by atoms with Crippen LogP contribution in [0.3, 0.4) is 0 Å². The number of nitrogens with one attached hydrogen (secondary N) is 1. The molecule has 1 aromatic heterocycles. The summed E-state index contributed by atoms with van der Waals surface area (Å²) in [5.41, 5.74) is 1.10. The molecule has 1 aromatic rings. The number of likely N-dealkylation sites (N-methyl/N-ethyl adjacent to an activating group) is 1. The predicted molar refractivity (Wildman–Crippen MR) is 50.3 cm³/mol. The first-order valence-corrected chi connectivity index (χ1v) is 4.55. The summed E-state index contributed by atoms with van der Waals surface area (Å²) < 4.78 is 0. The Bertz CT molecular complexity index is 262. The molecule has 13 heavy (non-hydrogen) atoms. The van der Waals surface area contributed by atoms with Crippen LogP contribution in [0, 0.1) is 0 Å². The van der Waals surface area contributed by atoms with Gasteiger partial charge in [-0.05, 0) is 13.1 Å². The molecule has 4 heteroatoms. The molecule has 1 saturated heterocycles. The molecule has 1 fully saturated rings. The maximum atomic E-state index is 4.26. The fraction of sp³-hybridized carbons (Fsp3) is 0.556. The standard InChI is InChI=1S/C9H14N4/c1-13-5-4-10-6-9(13)8-2-3-11-7-12-8/h2-3,7,9-10H,4-6H2,1H3. The summed E-state index contributed by atoms with van der Waals surface area (Å²) in [5.74, 6) is 0. The van der Waals surface area contributed by atoms with Crippen molar-refractivity contribution in [3.8, 4) is 0 Å². The average molecular weight is 178 g/mol. The van der Waals surface area contributed by atoms with Crippen molar-refractivity contribution < 1.29 is 0 Å². The number of hydrogen-bond donors (Lipinski definition) is 1. The van der Waals surface area contributed by atoms with Crippen molar-refractivity contribution in [1.82, 2.24) is 20.2 Å². The van der Waals surface area contributed by atoms with Gasteiger partial charge in [-0.15, -0.1) is 0 Å². The number of nitrogens with zero attached hydrogens (tertiary/aromatic N) is 3. The van der Waals surface area contributed by atoms with Crippen molar-refractivity contribution >= 4 is 0 Å². The fourth-order valence-corrected chi connectivity index (χ4v) is 1.63. The molecule has 1 aliphatic heterocycles. The van der Waals surface area contributed by atoms with E-state index in [1.807, 2.05) is 6.07 Å². The lowest BCUT2D eigenvalue weighted by molar-refractivity contribution is 0.198. The van der Waals surface area contributed by atoms with E-state index in [1.165, 1.54) is 0 Å². The fourth-order valence-electron chi connectivity index (χ4n) is 1.63. The van der Waals surface area contributed by atoms with E-state index in [2.05, 4.69) is 27.2 Å². The van der Waals surface area contributed by atoms with E-state index in [0.29, 0.717) is 6.04 Å². The van der Waals surface area contributed by atoms with Gasteiger partial charge in [0.15, 0.2) is 0 Å². The van der Waals surface area contributed by atoms with Crippen molar-refractivity contribution in [3.63, 3.8) is 0 Å². The van der Waals surface area contributed by atoms with Crippen LogP contribution in [0.25, 0.3) is 0 Å². The summed E-state index contributed by atoms with van der Waals surface area (Å²) in [6, 6.07) is 2.38. The number of piperazine rings is 1. The van der Waals surface area contributed by atoms with Crippen LogP contribution in [0.5, 0.6) is 0 Å². The van der Waals surface area contributed by atoms with Crippen LogP contribution in [0.4, 0.5) is 0 Å². The molecule has 0 radical (unpaired) electrons. The highest BCUT2D eigenvalue weighted by molar-refractivity contribution is 5.06. The van der Waals surface area contributed by atoms with Gasteiger partial charge in [0, 0.05) is 25.8 Å². The summed E-state index contributed by atoms with van der Waals surface area (Å²) >= 11 is 0. The lowest BCUT2D eigenvalue weighted by Crippen LogP contribution is -2.44. The van der Waals surface area contributed by atoms with Crippen molar-refractivity contribution in [2.45, 2.75) is 6.04 Å². The van der Waals surface area contributed by atoms with E-state index in [1.54, 1.807) is 12.5 Å². The van der Waals surface area contributed by atoms with Gasteiger partial charge in [-0.2, -0.15) is 0 Å². The second kappa shape index (κ2) is 3.81. The van der Waals surface area contributed by atoms with Crippen molar-refractivity contribution in [1.29, 1.82) is 0 Å². The zero-order valence-electron chi connectivity index (χ0n) is 7.77. The molecule has 70 valence electrons. The SMILES string of the molecule is CN1CCNCC1c1ccncn1. The summed E-state index contributed by atoms with van der Waals surface area (Å²) in [6.45, 7) is 3.13. The third-order valence-corrected chi connectivity index (χ3v) is 2.46. The summed E-state index contributed by atoms with van der Waals surface area (Å²) in [7, 11) is 2.13. The van der Waals surface area contributed by atoms with Crippen LogP contribution in [0.15, 0.2) is 18.6 Å². The van der Waals surface area contributed by atoms with E-state index in [9.17, 15) is 0 Å². The van der Waals surface area contributed by atoms with E-state index in [0.717, 1.165) is 25.3 Å². The summed E-state index contributed by atoms with van der Waals surface area (Å²) in [5, 5.41) is 3.36. The molecule has 2 rings (SSSR count). The maximum absolute atomic E-state index is 4.26. The molecule has 0 saturated carbocycles. The second-order valence-corrected chi connectivity index (χ2v) is 3.33. The molecule has 0 bridgehead atoms. The molecule has 1 atom stereocenters. The maximum Gasteiger partial charge on any atom is 0.115 e. The minimum absolute atomic E-state index is 0.400. The van der Waals surface area contributed by atoms with Gasteiger partial charge in [-0.25, -0.2) is 9.97 Å². The second-order valence-electron chi connectivity index (χ2n) is 3.33. The molecule has 4 nitrogen and oxygen atoms in total. The average Bonchev–Trinajstić information content (AvgIpc) is 2.20. The van der Waals surface area contributed by atoms with Crippen LogP contribution >= 0.6 is 0 Å². The van der Waals surface area contributed by atoms with Crippen LogP contribution < -0.4 is 5.32 Å². The molecule has 0 spiro atoms. The first-order valence-electron chi connectivity index (χ1n) is 4.55. The Balaban J connectivity index is 2.15. The van der Waals surface area contributed by atoms with Gasteiger partial charge >= 0.3 is 0 Å². The lowest BCUT2D eigenvalue weighted by atomic mass is 10.1. The normalized spacial score (nSPS) is 24.5. The monoisotopic (exact) mass is 178 g/mol. The molecule has 0 aliphatic carbocycles. The molecule has 2 heterocycles. The Morgan fingerprint density at radius 3 is 3.23 bits per heavy atom. The van der Waals surface area contributed by atoms with Gasteiger partial charge in [-0.1, -0.05) is 0 Å². The van der Waals surface area contributed by atoms with E-state index in [4.69, 9.17) is 0 Å². The Kier molecular flexibility index (Phi) is 2.52. The molecule has 1 N–H and O–H groups in total. The Hall–Kier alpha value is -1.00. The van der Waals surface area contributed by atoms with E-state index >= 15 is 0 Å². The topological polar surface area (TPSA) is 41.0 Å². The highest BCUT2D eigenvalue weighted by atomic mass is 15.2. The quantitative estimate of drug-likeness (QED) is 0.660. The molecule has 1 aliphatic rings. The largest absolute Gasteiger partial charge is 0.313 e. The van der Waals surface area contributed by atoms with Crippen molar-refractivity contribution in [2.75, 3.05) is 26.7 Å². The van der Waals surface area contributed by atoms with Crippen molar-refractivity contribution in [2.24, 2.45) is 0 Å². The number of aromatic nitrogens is 2. The van der Waals surface area contributed by atoms with Crippen LogP contribution in [-0.4, -0.2) is 41.5 Å². The van der Waals surface area contributed by atoms with Gasteiger partial charge in [0.1, 0.15) is 6.33 Å². The van der Waals surface area contributed by atoms with Crippen LogP contribution in [-0.2, 0) is 0 Å². The molecule has 0 amide bonds. The van der Waals surface area contributed by atoms with Gasteiger partial charge < -0.3 is 5.32 Å². The van der Waals surface area contributed by atoms with E-state index < -0.39 is 0 Å². The Morgan fingerprint density at radius 2 is 2.54 bits per heavy atom. The van der Waals surface area contributed by atoms with Gasteiger partial charge in [0.2, 0.25) is 0 Å². The zero-order chi connectivity index (χ0) is 9.10. The third kappa shape index (κ3) is 1.84. The zero-order valence-corrected chi connectivity index (χ0v) is 7.77. The number of rotatable bonds is 1. The Labute approximate surface area is 78.0 Å².